The van der Waals surface area contributed by atoms with Gasteiger partial charge in [0.1, 0.15) is 18.1 Å². The lowest BCUT2D eigenvalue weighted by Crippen LogP contribution is -2.34. The summed E-state index contributed by atoms with van der Waals surface area (Å²) < 4.78 is 16.8. The van der Waals surface area contributed by atoms with E-state index in [0.717, 1.165) is 29.9 Å². The second-order valence-electron chi connectivity index (χ2n) is 6.24. The third kappa shape index (κ3) is 5.59. The SMILES string of the molecule is O=C(O)COCC1CC(OCc2cccc(Oc3ccccc3)c2)C1. The van der Waals surface area contributed by atoms with E-state index in [1.165, 1.54) is 0 Å². The summed E-state index contributed by atoms with van der Waals surface area (Å²) in [5.41, 5.74) is 1.07. The minimum atomic E-state index is -0.926. The Hall–Kier alpha value is -2.37. The highest BCUT2D eigenvalue weighted by atomic mass is 16.5. The molecular weight excluding hydrogens is 320 g/mol. The number of carboxylic acid groups (broad SMARTS) is 1. The van der Waals surface area contributed by atoms with E-state index in [1.54, 1.807) is 0 Å². The number of hydrogen-bond donors (Lipinski definition) is 1. The van der Waals surface area contributed by atoms with Crippen molar-refractivity contribution in [1.82, 2.24) is 0 Å². The van der Waals surface area contributed by atoms with Gasteiger partial charge in [0, 0.05) is 0 Å². The Balaban J connectivity index is 1.39. The van der Waals surface area contributed by atoms with Crippen LogP contribution in [-0.4, -0.2) is 30.4 Å². The second-order valence-corrected chi connectivity index (χ2v) is 6.24. The highest BCUT2D eigenvalue weighted by Crippen LogP contribution is 2.31. The highest BCUT2D eigenvalue weighted by Gasteiger charge is 2.30. The van der Waals surface area contributed by atoms with Crippen LogP contribution in [0.3, 0.4) is 0 Å². The molecule has 0 spiro atoms. The summed E-state index contributed by atoms with van der Waals surface area (Å²) in [6.45, 7) is 0.808. The van der Waals surface area contributed by atoms with Crippen molar-refractivity contribution in [2.24, 2.45) is 5.92 Å². The molecule has 0 unspecified atom stereocenters. The van der Waals surface area contributed by atoms with Gasteiger partial charge in [-0.1, -0.05) is 30.3 Å². The van der Waals surface area contributed by atoms with Gasteiger partial charge < -0.3 is 19.3 Å². The average molecular weight is 342 g/mol. The molecule has 1 aliphatic carbocycles. The fourth-order valence-corrected chi connectivity index (χ4v) is 2.80. The van der Waals surface area contributed by atoms with Crippen LogP contribution >= 0.6 is 0 Å². The quantitative estimate of drug-likeness (QED) is 0.749. The monoisotopic (exact) mass is 342 g/mol. The summed E-state index contributed by atoms with van der Waals surface area (Å²) in [5.74, 6) is 1.08. The standard InChI is InChI=1S/C20H22O5/c21-20(22)14-23-12-16-10-19(11-16)24-13-15-5-4-8-18(9-15)25-17-6-2-1-3-7-17/h1-9,16,19H,10-14H2,(H,21,22). The molecule has 25 heavy (non-hydrogen) atoms. The van der Waals surface area contributed by atoms with Gasteiger partial charge in [-0.2, -0.15) is 0 Å². The molecule has 0 heterocycles. The van der Waals surface area contributed by atoms with Crippen molar-refractivity contribution in [3.63, 3.8) is 0 Å². The molecule has 2 aromatic carbocycles. The van der Waals surface area contributed by atoms with Gasteiger partial charge in [0.2, 0.25) is 0 Å². The van der Waals surface area contributed by atoms with Gasteiger partial charge in [-0.3, -0.25) is 0 Å². The Morgan fingerprint density at radius 1 is 1.04 bits per heavy atom. The molecule has 5 nitrogen and oxygen atoms in total. The van der Waals surface area contributed by atoms with E-state index in [1.807, 2.05) is 54.6 Å². The van der Waals surface area contributed by atoms with Gasteiger partial charge in [0.15, 0.2) is 0 Å². The van der Waals surface area contributed by atoms with Crippen LogP contribution in [0.15, 0.2) is 54.6 Å². The topological polar surface area (TPSA) is 65.0 Å². The predicted molar refractivity (Wildman–Crippen MR) is 92.7 cm³/mol. The number of carboxylic acids is 1. The lowest BCUT2D eigenvalue weighted by atomic mass is 9.83. The molecule has 0 aromatic heterocycles. The van der Waals surface area contributed by atoms with Crippen LogP contribution in [0.5, 0.6) is 11.5 Å². The minimum Gasteiger partial charge on any atom is -0.480 e. The molecule has 1 fully saturated rings. The molecule has 0 aliphatic heterocycles. The Morgan fingerprint density at radius 2 is 1.80 bits per heavy atom. The van der Waals surface area contributed by atoms with E-state index in [2.05, 4.69) is 0 Å². The summed E-state index contributed by atoms with van der Waals surface area (Å²) in [6, 6.07) is 17.6. The van der Waals surface area contributed by atoms with Gasteiger partial charge >= 0.3 is 5.97 Å². The molecule has 3 rings (SSSR count). The number of rotatable bonds is 9. The molecule has 132 valence electrons. The van der Waals surface area contributed by atoms with E-state index in [9.17, 15) is 4.79 Å². The van der Waals surface area contributed by atoms with Crippen LogP contribution in [0.2, 0.25) is 0 Å². The third-order valence-electron chi connectivity index (χ3n) is 4.13. The Bertz CT molecular complexity index is 679. The predicted octanol–water partition coefficient (Wildman–Crippen LogP) is 3.88. The van der Waals surface area contributed by atoms with Gasteiger partial charge in [0.25, 0.3) is 0 Å². The summed E-state index contributed by atoms with van der Waals surface area (Å²) in [6.07, 6.45) is 2.05. The molecule has 2 aromatic rings. The molecule has 0 atom stereocenters. The first-order valence-electron chi connectivity index (χ1n) is 8.42. The first-order valence-corrected chi connectivity index (χ1v) is 8.42. The van der Waals surface area contributed by atoms with E-state index in [4.69, 9.17) is 19.3 Å². The van der Waals surface area contributed by atoms with E-state index in [-0.39, 0.29) is 12.7 Å². The lowest BCUT2D eigenvalue weighted by molar-refractivity contribution is -0.144. The first-order chi connectivity index (χ1) is 12.2. The zero-order valence-corrected chi connectivity index (χ0v) is 14.0. The maximum atomic E-state index is 10.4. The van der Waals surface area contributed by atoms with Crippen LogP contribution in [0, 0.1) is 5.92 Å². The van der Waals surface area contributed by atoms with Gasteiger partial charge in [-0.05, 0) is 48.6 Å². The molecule has 1 N–H and O–H groups in total. The van der Waals surface area contributed by atoms with Crippen molar-refractivity contribution >= 4 is 5.97 Å². The van der Waals surface area contributed by atoms with Crippen molar-refractivity contribution in [1.29, 1.82) is 0 Å². The van der Waals surface area contributed by atoms with Gasteiger partial charge in [-0.15, -0.1) is 0 Å². The molecule has 0 saturated heterocycles. The normalized spacial score (nSPS) is 19.2. The van der Waals surface area contributed by atoms with Crippen LogP contribution < -0.4 is 4.74 Å². The van der Waals surface area contributed by atoms with Crippen molar-refractivity contribution in [3.8, 4) is 11.5 Å². The lowest BCUT2D eigenvalue weighted by Gasteiger charge is -2.34. The molecule has 0 amide bonds. The molecule has 1 saturated carbocycles. The van der Waals surface area contributed by atoms with E-state index >= 15 is 0 Å². The van der Waals surface area contributed by atoms with Crippen molar-refractivity contribution in [2.45, 2.75) is 25.6 Å². The van der Waals surface area contributed by atoms with Crippen molar-refractivity contribution in [3.05, 3.63) is 60.2 Å². The van der Waals surface area contributed by atoms with E-state index in [0.29, 0.717) is 19.1 Å². The second kappa shape index (κ2) is 8.65. The number of aliphatic carboxylic acids is 1. The zero-order chi connectivity index (χ0) is 17.5. The average Bonchev–Trinajstić information content (AvgIpc) is 2.57. The number of para-hydroxylation sites is 1. The number of carbonyl (C=O) groups is 1. The molecule has 0 bridgehead atoms. The third-order valence-corrected chi connectivity index (χ3v) is 4.13. The van der Waals surface area contributed by atoms with Crippen LogP contribution in [0.4, 0.5) is 0 Å². The Kier molecular flexibility index (Phi) is 6.04. The molecule has 5 heteroatoms. The summed E-state index contributed by atoms with van der Waals surface area (Å²) in [4.78, 5) is 10.4. The van der Waals surface area contributed by atoms with Gasteiger partial charge in [-0.25, -0.2) is 4.79 Å². The molecular formula is C20H22O5. The fraction of sp³-hybridized carbons (Fsp3) is 0.350. The number of hydrogen-bond acceptors (Lipinski definition) is 4. The minimum absolute atomic E-state index is 0.220. The van der Waals surface area contributed by atoms with E-state index < -0.39 is 5.97 Å². The van der Waals surface area contributed by atoms with Crippen LogP contribution in [0.1, 0.15) is 18.4 Å². The maximum Gasteiger partial charge on any atom is 0.329 e. The zero-order valence-electron chi connectivity index (χ0n) is 14.0. The van der Waals surface area contributed by atoms with Crippen LogP contribution in [0.25, 0.3) is 0 Å². The smallest absolute Gasteiger partial charge is 0.329 e. The van der Waals surface area contributed by atoms with Crippen molar-refractivity contribution in [2.75, 3.05) is 13.2 Å². The fourth-order valence-electron chi connectivity index (χ4n) is 2.80. The van der Waals surface area contributed by atoms with Gasteiger partial charge in [0.05, 0.1) is 19.3 Å². The Morgan fingerprint density at radius 3 is 2.56 bits per heavy atom. The summed E-state index contributed by atoms with van der Waals surface area (Å²) >= 11 is 0. The number of ether oxygens (including phenoxy) is 3. The molecule has 1 aliphatic rings. The largest absolute Gasteiger partial charge is 0.480 e. The molecule has 0 radical (unpaired) electrons. The maximum absolute atomic E-state index is 10.4. The van der Waals surface area contributed by atoms with Crippen molar-refractivity contribution < 1.29 is 24.1 Å². The Labute approximate surface area is 147 Å². The summed E-state index contributed by atoms with van der Waals surface area (Å²) in [7, 11) is 0. The van der Waals surface area contributed by atoms with Crippen LogP contribution in [-0.2, 0) is 20.9 Å². The highest BCUT2D eigenvalue weighted by molar-refractivity contribution is 5.67. The number of benzene rings is 2. The first kappa shape index (κ1) is 17.5. The summed E-state index contributed by atoms with van der Waals surface area (Å²) in [5, 5.41) is 8.53.